The predicted molar refractivity (Wildman–Crippen MR) is 101 cm³/mol. The summed E-state index contributed by atoms with van der Waals surface area (Å²) in [6.45, 7) is 1.57. The topological polar surface area (TPSA) is 101 Å². The summed E-state index contributed by atoms with van der Waals surface area (Å²) < 4.78 is 27.1. The van der Waals surface area contributed by atoms with E-state index in [1.54, 1.807) is 17.0 Å². The maximum absolute atomic E-state index is 12.9. The highest BCUT2D eigenvalue weighted by Gasteiger charge is 2.36. The first-order chi connectivity index (χ1) is 12.8. The van der Waals surface area contributed by atoms with Gasteiger partial charge in [0, 0.05) is 37.1 Å². The van der Waals surface area contributed by atoms with Crippen molar-refractivity contribution in [1.29, 1.82) is 0 Å². The van der Waals surface area contributed by atoms with Crippen molar-refractivity contribution in [2.24, 2.45) is 17.6 Å². The number of rotatable bonds is 4. The van der Waals surface area contributed by atoms with Gasteiger partial charge in [0.2, 0.25) is 21.8 Å². The van der Waals surface area contributed by atoms with Gasteiger partial charge in [-0.05, 0) is 49.9 Å². The quantitative estimate of drug-likeness (QED) is 0.807. The van der Waals surface area contributed by atoms with E-state index in [-0.39, 0.29) is 35.1 Å². The lowest BCUT2D eigenvalue weighted by Gasteiger charge is -2.37. The molecule has 27 heavy (non-hydrogen) atoms. The average Bonchev–Trinajstić information content (AvgIpc) is 2.68. The van der Waals surface area contributed by atoms with Crippen LogP contribution in [0.4, 0.5) is 0 Å². The summed E-state index contributed by atoms with van der Waals surface area (Å²) in [4.78, 5) is 26.1. The number of piperidine rings is 2. The first-order valence-corrected chi connectivity index (χ1v) is 10.9. The van der Waals surface area contributed by atoms with E-state index >= 15 is 0 Å². The number of carbonyl (C=O) groups excluding carboxylic acids is 2. The summed E-state index contributed by atoms with van der Waals surface area (Å²) in [5, 5.41) is 0.472. The fraction of sp³-hybridized carbons (Fsp3) is 0.556. The SMILES string of the molecule is NC(=O)C1CCN(C(=O)[C@H]2CCCN(S(=O)(=O)c3ccc(Cl)cc3)C2)CC1. The number of nitrogens with two attached hydrogens (primary N) is 1. The van der Waals surface area contributed by atoms with Gasteiger partial charge in [0.05, 0.1) is 10.8 Å². The number of hydrogen-bond donors (Lipinski definition) is 1. The molecule has 0 aromatic heterocycles. The van der Waals surface area contributed by atoms with E-state index in [9.17, 15) is 18.0 Å². The number of halogens is 1. The summed E-state index contributed by atoms with van der Waals surface area (Å²) >= 11 is 5.84. The molecule has 2 heterocycles. The number of benzene rings is 1. The molecule has 2 amide bonds. The van der Waals surface area contributed by atoms with Gasteiger partial charge in [-0.25, -0.2) is 8.42 Å². The molecule has 148 valence electrons. The molecule has 0 spiro atoms. The molecule has 2 N–H and O–H groups in total. The Bertz CT molecular complexity index is 804. The van der Waals surface area contributed by atoms with Crippen LogP contribution in [0.15, 0.2) is 29.2 Å². The summed E-state index contributed by atoms with van der Waals surface area (Å²) in [6, 6.07) is 6.06. The van der Waals surface area contributed by atoms with Gasteiger partial charge < -0.3 is 10.6 Å². The van der Waals surface area contributed by atoms with Gasteiger partial charge in [-0.3, -0.25) is 9.59 Å². The molecule has 0 unspecified atom stereocenters. The Hall–Kier alpha value is -1.64. The molecule has 2 saturated heterocycles. The van der Waals surface area contributed by atoms with Crippen LogP contribution in [-0.4, -0.2) is 55.6 Å². The van der Waals surface area contributed by atoms with Gasteiger partial charge in [-0.2, -0.15) is 4.31 Å². The van der Waals surface area contributed by atoms with Crippen LogP contribution in [0.25, 0.3) is 0 Å². The van der Waals surface area contributed by atoms with Gasteiger partial charge in [0.1, 0.15) is 0 Å². The molecular formula is C18H24ClN3O4S. The lowest BCUT2D eigenvalue weighted by Crippen LogP contribution is -2.49. The molecule has 2 fully saturated rings. The maximum atomic E-state index is 12.9. The summed E-state index contributed by atoms with van der Waals surface area (Å²) in [5.74, 6) is -0.887. The number of amides is 2. The van der Waals surface area contributed by atoms with Crippen molar-refractivity contribution < 1.29 is 18.0 Å². The fourth-order valence-corrected chi connectivity index (χ4v) is 5.41. The number of hydrogen-bond acceptors (Lipinski definition) is 4. The number of nitrogens with zero attached hydrogens (tertiary/aromatic N) is 2. The van der Waals surface area contributed by atoms with Crippen LogP contribution in [0.1, 0.15) is 25.7 Å². The molecule has 1 atom stereocenters. The molecule has 0 bridgehead atoms. The lowest BCUT2D eigenvalue weighted by atomic mass is 9.93. The lowest BCUT2D eigenvalue weighted by molar-refractivity contribution is -0.139. The van der Waals surface area contributed by atoms with Crippen molar-refractivity contribution in [3.05, 3.63) is 29.3 Å². The molecule has 1 aromatic rings. The molecule has 9 heteroatoms. The normalized spacial score (nSPS) is 22.6. The molecule has 7 nitrogen and oxygen atoms in total. The highest BCUT2D eigenvalue weighted by atomic mass is 35.5. The van der Waals surface area contributed by atoms with Crippen molar-refractivity contribution in [2.75, 3.05) is 26.2 Å². The largest absolute Gasteiger partial charge is 0.369 e. The van der Waals surface area contributed by atoms with Crippen LogP contribution in [0.5, 0.6) is 0 Å². The zero-order valence-corrected chi connectivity index (χ0v) is 16.6. The van der Waals surface area contributed by atoms with Crippen molar-refractivity contribution >= 4 is 33.4 Å². The van der Waals surface area contributed by atoms with Crippen molar-refractivity contribution in [3.8, 4) is 0 Å². The van der Waals surface area contributed by atoms with E-state index < -0.39 is 10.0 Å². The highest BCUT2D eigenvalue weighted by Crippen LogP contribution is 2.27. The van der Waals surface area contributed by atoms with Crippen molar-refractivity contribution in [3.63, 3.8) is 0 Å². The minimum atomic E-state index is -3.65. The molecule has 0 radical (unpaired) electrons. The standard InChI is InChI=1S/C18H24ClN3O4S/c19-15-3-5-16(6-4-15)27(25,26)22-9-1-2-14(12-22)18(24)21-10-7-13(8-11-21)17(20)23/h3-6,13-14H,1-2,7-12H2,(H2,20,23)/t14-/m0/s1. The summed E-state index contributed by atoms with van der Waals surface area (Å²) in [7, 11) is -3.65. The van der Waals surface area contributed by atoms with E-state index in [0.717, 1.165) is 0 Å². The molecule has 1 aromatic carbocycles. The Balaban J connectivity index is 1.66. The molecular weight excluding hydrogens is 390 g/mol. The Morgan fingerprint density at radius 2 is 1.63 bits per heavy atom. The third-order valence-corrected chi connectivity index (χ3v) is 7.53. The zero-order chi connectivity index (χ0) is 19.6. The zero-order valence-electron chi connectivity index (χ0n) is 15.0. The van der Waals surface area contributed by atoms with E-state index in [2.05, 4.69) is 0 Å². The van der Waals surface area contributed by atoms with Crippen LogP contribution in [-0.2, 0) is 19.6 Å². The minimum Gasteiger partial charge on any atom is -0.369 e. The van der Waals surface area contributed by atoms with Gasteiger partial charge in [-0.1, -0.05) is 11.6 Å². The third-order valence-electron chi connectivity index (χ3n) is 5.39. The van der Waals surface area contributed by atoms with E-state index in [1.165, 1.54) is 16.4 Å². The molecule has 3 rings (SSSR count). The van der Waals surface area contributed by atoms with E-state index in [1.807, 2.05) is 0 Å². The maximum Gasteiger partial charge on any atom is 0.243 e. The average molecular weight is 414 g/mol. The van der Waals surface area contributed by atoms with E-state index in [4.69, 9.17) is 17.3 Å². The molecule has 2 aliphatic rings. The van der Waals surface area contributed by atoms with Gasteiger partial charge in [0.25, 0.3) is 0 Å². The van der Waals surface area contributed by atoms with Crippen molar-refractivity contribution in [1.82, 2.24) is 9.21 Å². The molecule has 0 aliphatic carbocycles. The monoisotopic (exact) mass is 413 g/mol. The summed E-state index contributed by atoms with van der Waals surface area (Å²) in [5.41, 5.74) is 5.34. The number of carbonyl (C=O) groups is 2. The Kier molecular flexibility index (Phi) is 6.08. The predicted octanol–water partition coefficient (Wildman–Crippen LogP) is 1.46. The minimum absolute atomic E-state index is 0.0334. The number of sulfonamides is 1. The first-order valence-electron chi connectivity index (χ1n) is 9.13. The molecule has 0 saturated carbocycles. The number of likely N-dealkylation sites (tertiary alicyclic amines) is 1. The van der Waals surface area contributed by atoms with Crippen LogP contribution in [0, 0.1) is 11.8 Å². The van der Waals surface area contributed by atoms with Gasteiger partial charge in [-0.15, -0.1) is 0 Å². The van der Waals surface area contributed by atoms with Crippen LogP contribution in [0.2, 0.25) is 5.02 Å². The Morgan fingerprint density at radius 1 is 1.00 bits per heavy atom. The van der Waals surface area contributed by atoms with E-state index in [0.29, 0.717) is 50.3 Å². The Labute approximate surface area is 164 Å². The smallest absolute Gasteiger partial charge is 0.243 e. The van der Waals surface area contributed by atoms with Crippen LogP contribution in [0.3, 0.4) is 0 Å². The van der Waals surface area contributed by atoms with Gasteiger partial charge in [0.15, 0.2) is 0 Å². The van der Waals surface area contributed by atoms with Crippen LogP contribution < -0.4 is 5.73 Å². The fourth-order valence-electron chi connectivity index (χ4n) is 3.76. The highest BCUT2D eigenvalue weighted by molar-refractivity contribution is 7.89. The van der Waals surface area contributed by atoms with Crippen molar-refractivity contribution in [2.45, 2.75) is 30.6 Å². The Morgan fingerprint density at radius 3 is 2.22 bits per heavy atom. The second kappa shape index (κ2) is 8.16. The number of primary amides is 1. The summed E-state index contributed by atoms with van der Waals surface area (Å²) in [6.07, 6.45) is 2.45. The van der Waals surface area contributed by atoms with Gasteiger partial charge >= 0.3 is 0 Å². The third kappa shape index (κ3) is 4.44. The van der Waals surface area contributed by atoms with Crippen LogP contribution >= 0.6 is 11.6 Å². The molecule has 2 aliphatic heterocycles. The second-order valence-corrected chi connectivity index (χ2v) is 9.53. The second-order valence-electron chi connectivity index (χ2n) is 7.16. The first kappa shape index (κ1) is 20.1.